The van der Waals surface area contributed by atoms with Gasteiger partial charge < -0.3 is 14.8 Å². The molecule has 24 heavy (non-hydrogen) atoms. The lowest BCUT2D eigenvalue weighted by molar-refractivity contribution is 0.0697. The number of nitrogens with one attached hydrogen (secondary N) is 1. The summed E-state index contributed by atoms with van der Waals surface area (Å²) in [5.74, 6) is 7.02. The summed E-state index contributed by atoms with van der Waals surface area (Å²) in [5.41, 5.74) is 1.26. The lowest BCUT2D eigenvalue weighted by atomic mass is 10.2. The molecule has 1 heterocycles. The maximum Gasteiger partial charge on any atom is 0.335 e. The van der Waals surface area contributed by atoms with Crippen LogP contribution in [0.5, 0.6) is 0 Å². The first-order chi connectivity index (χ1) is 11.7. The molecular formula is C20H23NO3. The molecule has 0 unspecified atom stereocenters. The molecule has 0 fully saturated rings. The zero-order chi connectivity index (χ0) is 17.2. The van der Waals surface area contributed by atoms with E-state index >= 15 is 0 Å². The number of aryl methyl sites for hydroxylation is 1. The molecular weight excluding hydrogens is 302 g/mol. The van der Waals surface area contributed by atoms with E-state index in [-0.39, 0.29) is 0 Å². The number of benzene rings is 1. The second-order valence-corrected chi connectivity index (χ2v) is 5.54. The predicted octanol–water partition coefficient (Wildman–Crippen LogP) is 4.56. The van der Waals surface area contributed by atoms with Crippen molar-refractivity contribution in [1.29, 1.82) is 0 Å². The molecule has 2 N–H and O–H groups in total. The summed E-state index contributed by atoms with van der Waals surface area (Å²) in [7, 11) is 0. The van der Waals surface area contributed by atoms with Crippen LogP contribution in [0.4, 0.5) is 5.69 Å². The molecule has 0 aliphatic carbocycles. The fourth-order valence-corrected chi connectivity index (χ4v) is 2.26. The van der Waals surface area contributed by atoms with E-state index in [1.807, 2.05) is 12.1 Å². The molecule has 126 valence electrons. The number of carbonyl (C=O) groups is 1. The van der Waals surface area contributed by atoms with Crippen LogP contribution >= 0.6 is 0 Å². The molecule has 0 atom stereocenters. The number of aromatic carboxylic acids is 1. The van der Waals surface area contributed by atoms with E-state index in [0.717, 1.165) is 55.9 Å². The van der Waals surface area contributed by atoms with E-state index < -0.39 is 5.97 Å². The second-order valence-electron chi connectivity index (χ2n) is 5.54. The number of rotatable bonds is 8. The van der Waals surface area contributed by atoms with Crippen LogP contribution in [0.25, 0.3) is 0 Å². The number of hydrogen-bond donors (Lipinski definition) is 2. The quantitative estimate of drug-likeness (QED) is 0.551. The van der Waals surface area contributed by atoms with Gasteiger partial charge in [0.1, 0.15) is 5.76 Å². The third kappa shape index (κ3) is 5.85. The molecule has 0 spiro atoms. The van der Waals surface area contributed by atoms with Crippen LogP contribution in [0, 0.1) is 11.8 Å². The number of carboxylic acid groups (broad SMARTS) is 1. The molecule has 0 saturated carbocycles. The number of anilines is 1. The molecule has 0 saturated heterocycles. The van der Waals surface area contributed by atoms with E-state index in [1.54, 1.807) is 24.3 Å². The molecule has 1 aromatic heterocycles. The van der Waals surface area contributed by atoms with Crippen molar-refractivity contribution in [3.05, 3.63) is 53.5 Å². The van der Waals surface area contributed by atoms with Crippen molar-refractivity contribution in [2.24, 2.45) is 0 Å². The topological polar surface area (TPSA) is 62.5 Å². The Labute approximate surface area is 142 Å². The minimum Gasteiger partial charge on any atom is -0.478 e. The fraction of sp³-hybridized carbons (Fsp3) is 0.350. The molecule has 0 aliphatic rings. The van der Waals surface area contributed by atoms with E-state index in [4.69, 9.17) is 9.52 Å². The maximum absolute atomic E-state index is 10.8. The molecule has 0 radical (unpaired) electrons. The van der Waals surface area contributed by atoms with Crippen LogP contribution in [0.2, 0.25) is 0 Å². The number of furan rings is 1. The summed E-state index contributed by atoms with van der Waals surface area (Å²) < 4.78 is 5.53. The highest BCUT2D eigenvalue weighted by Gasteiger charge is 2.01. The Kier molecular flexibility index (Phi) is 6.97. The summed E-state index contributed by atoms with van der Waals surface area (Å²) in [6.07, 6.45) is 4.99. The highest BCUT2D eigenvalue weighted by Crippen LogP contribution is 2.10. The van der Waals surface area contributed by atoms with Gasteiger partial charge in [-0.1, -0.05) is 19.3 Å². The monoisotopic (exact) mass is 325 g/mol. The largest absolute Gasteiger partial charge is 0.478 e. The first-order valence-electron chi connectivity index (χ1n) is 8.34. The average Bonchev–Trinajstić information content (AvgIpc) is 3.05. The van der Waals surface area contributed by atoms with Gasteiger partial charge in [0.15, 0.2) is 5.76 Å². The number of hydrogen-bond acceptors (Lipinski definition) is 3. The van der Waals surface area contributed by atoms with Crippen molar-refractivity contribution in [1.82, 2.24) is 0 Å². The summed E-state index contributed by atoms with van der Waals surface area (Å²) in [6.45, 7) is 2.93. The van der Waals surface area contributed by atoms with Crippen LogP contribution in [0.3, 0.4) is 0 Å². The summed E-state index contributed by atoms with van der Waals surface area (Å²) in [6, 6.07) is 10.7. The van der Waals surface area contributed by atoms with Gasteiger partial charge in [-0.05, 0) is 55.2 Å². The third-order valence-corrected chi connectivity index (χ3v) is 3.66. The van der Waals surface area contributed by atoms with Crippen molar-refractivity contribution in [2.45, 2.75) is 39.0 Å². The van der Waals surface area contributed by atoms with Crippen LogP contribution in [0.15, 0.2) is 40.8 Å². The van der Waals surface area contributed by atoms with Crippen LogP contribution in [-0.4, -0.2) is 17.6 Å². The van der Waals surface area contributed by atoms with Crippen molar-refractivity contribution in [3.63, 3.8) is 0 Å². The number of carboxylic acids is 1. The van der Waals surface area contributed by atoms with Gasteiger partial charge in [-0.25, -0.2) is 4.79 Å². The molecule has 1 aromatic carbocycles. The first kappa shape index (κ1) is 17.7. The second kappa shape index (κ2) is 9.46. The molecule has 0 bridgehead atoms. The van der Waals surface area contributed by atoms with Gasteiger partial charge in [0.05, 0.1) is 5.56 Å². The van der Waals surface area contributed by atoms with Gasteiger partial charge in [-0.15, -0.1) is 0 Å². The highest BCUT2D eigenvalue weighted by atomic mass is 16.4. The Morgan fingerprint density at radius 1 is 1.12 bits per heavy atom. The summed E-state index contributed by atoms with van der Waals surface area (Å²) in [5, 5.41) is 12.1. The van der Waals surface area contributed by atoms with Crippen LogP contribution < -0.4 is 5.32 Å². The Hall–Kier alpha value is -2.67. The minimum atomic E-state index is -0.900. The van der Waals surface area contributed by atoms with Crippen molar-refractivity contribution in [3.8, 4) is 11.8 Å². The summed E-state index contributed by atoms with van der Waals surface area (Å²) in [4.78, 5) is 10.8. The minimum absolute atomic E-state index is 0.307. The maximum atomic E-state index is 10.8. The highest BCUT2D eigenvalue weighted by molar-refractivity contribution is 5.87. The van der Waals surface area contributed by atoms with Crippen molar-refractivity contribution in [2.75, 3.05) is 11.9 Å². The standard InChI is InChI=1S/C20H23NO3/c1-2-18-13-14-19(24-18)8-6-4-3-5-7-15-21-17-11-9-16(10-12-17)20(22)23/h9-14,21H,2-5,7,15H2,1H3,(H,22,23). The zero-order valence-electron chi connectivity index (χ0n) is 14.0. The Balaban J connectivity index is 1.57. The molecule has 2 rings (SSSR count). The lowest BCUT2D eigenvalue weighted by Crippen LogP contribution is -2.02. The van der Waals surface area contributed by atoms with E-state index in [2.05, 4.69) is 24.1 Å². The average molecular weight is 325 g/mol. The first-order valence-corrected chi connectivity index (χ1v) is 8.34. The fourth-order valence-electron chi connectivity index (χ4n) is 2.26. The van der Waals surface area contributed by atoms with Gasteiger partial charge in [0.2, 0.25) is 0 Å². The van der Waals surface area contributed by atoms with Crippen LogP contribution in [0.1, 0.15) is 54.5 Å². The normalized spacial score (nSPS) is 10.0. The molecule has 0 aliphatic heterocycles. The molecule has 0 amide bonds. The Morgan fingerprint density at radius 2 is 1.92 bits per heavy atom. The molecule has 4 heteroatoms. The van der Waals surface area contributed by atoms with Gasteiger partial charge in [-0.3, -0.25) is 0 Å². The molecule has 2 aromatic rings. The van der Waals surface area contributed by atoms with Crippen molar-refractivity contribution < 1.29 is 14.3 Å². The van der Waals surface area contributed by atoms with Gasteiger partial charge in [-0.2, -0.15) is 0 Å². The summed E-state index contributed by atoms with van der Waals surface area (Å²) >= 11 is 0. The predicted molar refractivity (Wildman–Crippen MR) is 95.3 cm³/mol. The smallest absolute Gasteiger partial charge is 0.335 e. The third-order valence-electron chi connectivity index (χ3n) is 3.66. The van der Waals surface area contributed by atoms with E-state index in [9.17, 15) is 4.79 Å². The number of unbranched alkanes of at least 4 members (excludes halogenated alkanes) is 3. The zero-order valence-corrected chi connectivity index (χ0v) is 14.0. The van der Waals surface area contributed by atoms with Gasteiger partial charge in [0.25, 0.3) is 0 Å². The Bertz CT molecular complexity index is 704. The van der Waals surface area contributed by atoms with E-state index in [1.165, 1.54) is 0 Å². The lowest BCUT2D eigenvalue weighted by Gasteiger charge is -2.06. The van der Waals surface area contributed by atoms with Gasteiger partial charge >= 0.3 is 5.97 Å². The van der Waals surface area contributed by atoms with Crippen molar-refractivity contribution >= 4 is 11.7 Å². The van der Waals surface area contributed by atoms with E-state index in [0.29, 0.717) is 5.56 Å². The van der Waals surface area contributed by atoms with Gasteiger partial charge in [0, 0.05) is 25.1 Å². The Morgan fingerprint density at radius 3 is 2.58 bits per heavy atom. The van der Waals surface area contributed by atoms with Crippen LogP contribution in [-0.2, 0) is 6.42 Å². The molecule has 4 nitrogen and oxygen atoms in total. The SMILES string of the molecule is CCc1ccc(C#CCCCCCNc2ccc(C(=O)O)cc2)o1.